The number of nitrogens with zero attached hydrogens (tertiary/aromatic N) is 1. The van der Waals surface area contributed by atoms with Crippen molar-refractivity contribution < 1.29 is 4.79 Å². The number of hydrogen-bond acceptors (Lipinski definition) is 2. The van der Waals surface area contributed by atoms with Crippen molar-refractivity contribution in [3.05, 3.63) is 36.0 Å². The Balaban J connectivity index is 2.77. The van der Waals surface area contributed by atoms with Crippen LogP contribution in [0.25, 0.3) is 10.9 Å². The van der Waals surface area contributed by atoms with Crippen LogP contribution < -0.4 is 0 Å². The lowest BCUT2D eigenvalue weighted by molar-refractivity contribution is 0.112. The first-order valence-corrected chi connectivity index (χ1v) is 3.97. The third-order valence-corrected chi connectivity index (χ3v) is 2.18. The molecule has 0 aliphatic rings. The fourth-order valence-electron chi connectivity index (χ4n) is 1.22. The molecule has 0 radical (unpaired) electrons. The number of carbonyl (C=O) groups excluding carboxylic acids is 1. The van der Waals surface area contributed by atoms with Gasteiger partial charge in [0.25, 0.3) is 0 Å². The van der Waals surface area contributed by atoms with E-state index in [1.165, 1.54) is 0 Å². The molecule has 1 aromatic carbocycles. The number of thiol groups is 1. The number of carbonyl (C=O) groups is 1. The number of benzene rings is 1. The van der Waals surface area contributed by atoms with E-state index in [2.05, 4.69) is 12.8 Å². The van der Waals surface area contributed by atoms with Gasteiger partial charge in [0.1, 0.15) is 6.29 Å². The third kappa shape index (κ3) is 1.02. The van der Waals surface area contributed by atoms with Crippen molar-refractivity contribution in [2.45, 2.75) is 0 Å². The minimum absolute atomic E-state index is 0.696. The zero-order valence-corrected chi connectivity index (χ0v) is 7.16. The summed E-state index contributed by atoms with van der Waals surface area (Å²) in [6, 6.07) is 7.43. The molecule has 2 aromatic rings. The Labute approximate surface area is 75.3 Å². The zero-order valence-electron chi connectivity index (χ0n) is 6.27. The van der Waals surface area contributed by atoms with Crippen molar-refractivity contribution in [2.75, 3.05) is 0 Å². The fourth-order valence-corrected chi connectivity index (χ4v) is 1.47. The Hall–Kier alpha value is -1.22. The summed E-state index contributed by atoms with van der Waals surface area (Å²) in [4.78, 5) is 10.4. The summed E-state index contributed by atoms with van der Waals surface area (Å²) < 4.78 is 1.73. The van der Waals surface area contributed by atoms with Crippen LogP contribution in [0.2, 0.25) is 0 Å². The van der Waals surface area contributed by atoms with Gasteiger partial charge in [-0.15, -0.1) is 0 Å². The highest BCUT2D eigenvalue weighted by Gasteiger charge is 1.98. The van der Waals surface area contributed by atoms with Gasteiger partial charge in [-0.25, -0.2) is 0 Å². The molecule has 1 heterocycles. The lowest BCUT2D eigenvalue weighted by Crippen LogP contribution is -1.80. The van der Waals surface area contributed by atoms with Crippen LogP contribution in [0.5, 0.6) is 0 Å². The molecule has 0 fully saturated rings. The summed E-state index contributed by atoms with van der Waals surface area (Å²) >= 11 is 4.19. The van der Waals surface area contributed by atoms with Gasteiger partial charge in [0, 0.05) is 17.1 Å². The molecule has 0 amide bonds. The average molecular weight is 177 g/mol. The molecule has 0 saturated carbocycles. The van der Waals surface area contributed by atoms with Gasteiger partial charge in [-0.05, 0) is 24.3 Å². The second-order valence-corrected chi connectivity index (χ2v) is 3.03. The molecule has 3 heteroatoms. The molecule has 0 spiro atoms. The molecule has 0 bridgehead atoms. The predicted molar refractivity (Wildman–Crippen MR) is 51.7 cm³/mol. The SMILES string of the molecule is O=Cc1ccc2c(ccn2S)c1. The highest BCUT2D eigenvalue weighted by Crippen LogP contribution is 2.17. The Morgan fingerprint density at radius 2 is 2.17 bits per heavy atom. The van der Waals surface area contributed by atoms with Crippen LogP contribution in [0, 0.1) is 0 Å². The molecule has 2 nitrogen and oxygen atoms in total. The number of aldehydes is 1. The molecule has 1 aromatic heterocycles. The minimum Gasteiger partial charge on any atom is -0.298 e. The van der Waals surface area contributed by atoms with Gasteiger partial charge in [0.05, 0.1) is 5.52 Å². The maximum absolute atomic E-state index is 10.4. The van der Waals surface area contributed by atoms with Crippen LogP contribution in [-0.4, -0.2) is 10.3 Å². The molecule has 2 rings (SSSR count). The normalized spacial score (nSPS) is 10.4. The third-order valence-electron chi connectivity index (χ3n) is 1.83. The summed E-state index contributed by atoms with van der Waals surface area (Å²) in [5, 5.41) is 1.04. The fraction of sp³-hybridized carbons (Fsp3) is 0. The van der Waals surface area contributed by atoms with Gasteiger partial charge in [-0.3, -0.25) is 8.77 Å². The first kappa shape index (κ1) is 7.43. The van der Waals surface area contributed by atoms with Gasteiger partial charge in [0.2, 0.25) is 0 Å². The lowest BCUT2D eigenvalue weighted by Gasteiger charge is -1.94. The molecule has 0 aliphatic heterocycles. The molecule has 60 valence electrons. The monoisotopic (exact) mass is 177 g/mol. The second-order valence-electron chi connectivity index (χ2n) is 2.60. The number of aromatic nitrogens is 1. The van der Waals surface area contributed by atoms with Crippen LogP contribution in [0.15, 0.2) is 30.5 Å². The van der Waals surface area contributed by atoms with E-state index in [0.29, 0.717) is 5.56 Å². The maximum atomic E-state index is 10.4. The first-order valence-electron chi connectivity index (χ1n) is 3.57. The van der Waals surface area contributed by atoms with E-state index >= 15 is 0 Å². The van der Waals surface area contributed by atoms with Crippen LogP contribution >= 0.6 is 12.8 Å². The van der Waals surface area contributed by atoms with Crippen molar-refractivity contribution in [3.8, 4) is 0 Å². The Bertz CT molecular complexity index is 433. The molecule has 0 atom stereocenters. The van der Waals surface area contributed by atoms with Crippen molar-refractivity contribution in [2.24, 2.45) is 0 Å². The minimum atomic E-state index is 0.696. The smallest absolute Gasteiger partial charge is 0.150 e. The van der Waals surface area contributed by atoms with Gasteiger partial charge >= 0.3 is 0 Å². The first-order chi connectivity index (χ1) is 5.81. The number of hydrogen-bond donors (Lipinski definition) is 1. The van der Waals surface area contributed by atoms with E-state index in [-0.39, 0.29) is 0 Å². The van der Waals surface area contributed by atoms with E-state index < -0.39 is 0 Å². The van der Waals surface area contributed by atoms with E-state index in [9.17, 15) is 4.79 Å². The van der Waals surface area contributed by atoms with Crippen LogP contribution in [-0.2, 0) is 0 Å². The van der Waals surface area contributed by atoms with Crippen molar-refractivity contribution in [1.29, 1.82) is 0 Å². The topological polar surface area (TPSA) is 22.0 Å². The van der Waals surface area contributed by atoms with E-state index in [1.54, 1.807) is 10.0 Å². The molecule has 0 unspecified atom stereocenters. The Kier molecular flexibility index (Phi) is 1.66. The predicted octanol–water partition coefficient (Wildman–Crippen LogP) is 2.15. The van der Waals surface area contributed by atoms with Crippen LogP contribution in [0.1, 0.15) is 10.4 Å². The molecule has 0 saturated heterocycles. The summed E-state index contributed by atoms with van der Waals surface area (Å²) in [6.45, 7) is 0. The van der Waals surface area contributed by atoms with Crippen LogP contribution in [0.4, 0.5) is 0 Å². The van der Waals surface area contributed by atoms with E-state index in [0.717, 1.165) is 17.2 Å². The average Bonchev–Trinajstić information content (AvgIpc) is 2.47. The van der Waals surface area contributed by atoms with E-state index in [4.69, 9.17) is 0 Å². The van der Waals surface area contributed by atoms with Crippen LogP contribution in [0.3, 0.4) is 0 Å². The van der Waals surface area contributed by atoms with Crippen molar-refractivity contribution >= 4 is 30.0 Å². The maximum Gasteiger partial charge on any atom is 0.150 e. The van der Waals surface area contributed by atoms with E-state index in [1.807, 2.05) is 24.4 Å². The zero-order chi connectivity index (χ0) is 8.55. The van der Waals surface area contributed by atoms with Gasteiger partial charge in [-0.2, -0.15) is 0 Å². The summed E-state index contributed by atoms with van der Waals surface area (Å²) in [6.07, 6.45) is 2.69. The van der Waals surface area contributed by atoms with Gasteiger partial charge in [0.15, 0.2) is 0 Å². The van der Waals surface area contributed by atoms with Crippen molar-refractivity contribution in [1.82, 2.24) is 3.97 Å². The summed E-state index contributed by atoms with van der Waals surface area (Å²) in [5.41, 5.74) is 1.71. The highest BCUT2D eigenvalue weighted by molar-refractivity contribution is 7.78. The Morgan fingerprint density at radius 3 is 2.92 bits per heavy atom. The molecule has 0 aliphatic carbocycles. The molecule has 12 heavy (non-hydrogen) atoms. The van der Waals surface area contributed by atoms with Gasteiger partial charge < -0.3 is 0 Å². The summed E-state index contributed by atoms with van der Waals surface area (Å²) in [7, 11) is 0. The number of fused-ring (bicyclic) bond motifs is 1. The second kappa shape index (κ2) is 2.68. The molecule has 0 N–H and O–H groups in total. The Morgan fingerprint density at radius 1 is 1.33 bits per heavy atom. The lowest BCUT2D eigenvalue weighted by atomic mass is 10.2. The molecular weight excluding hydrogens is 170 g/mol. The van der Waals surface area contributed by atoms with Gasteiger partial charge in [-0.1, -0.05) is 12.8 Å². The largest absolute Gasteiger partial charge is 0.298 e. The number of rotatable bonds is 1. The molecular formula is C9H7NOS. The quantitative estimate of drug-likeness (QED) is 0.523. The van der Waals surface area contributed by atoms with Crippen molar-refractivity contribution in [3.63, 3.8) is 0 Å². The summed E-state index contributed by atoms with van der Waals surface area (Å²) in [5.74, 6) is 0. The standard InChI is InChI=1S/C9H7NOS/c11-6-7-1-2-9-8(5-7)3-4-10(9)12/h1-6,12H. The highest BCUT2D eigenvalue weighted by atomic mass is 32.1.